The summed E-state index contributed by atoms with van der Waals surface area (Å²) in [6, 6.07) is 9.44. The fourth-order valence-corrected chi connectivity index (χ4v) is 3.21. The highest BCUT2D eigenvalue weighted by atomic mass is 35.5. The highest BCUT2D eigenvalue weighted by molar-refractivity contribution is 5.85. The van der Waals surface area contributed by atoms with Crippen LogP contribution in [0.4, 0.5) is 0 Å². The number of nitrogens with one attached hydrogen (secondary N) is 1. The van der Waals surface area contributed by atoms with Crippen LogP contribution in [-0.4, -0.2) is 32.7 Å². The summed E-state index contributed by atoms with van der Waals surface area (Å²) in [6.07, 6.45) is 4.76. The number of aryl methyl sites for hydroxylation is 2. The van der Waals surface area contributed by atoms with Gasteiger partial charge in [0.1, 0.15) is 5.76 Å². The molecule has 0 fully saturated rings. The Morgan fingerprint density at radius 3 is 2.53 bits per heavy atom. The smallest absolute Gasteiger partial charge is 0.237 e. The van der Waals surface area contributed by atoms with E-state index in [2.05, 4.69) is 27.6 Å². The van der Waals surface area contributed by atoms with Crippen LogP contribution in [0.25, 0.3) is 0 Å². The Morgan fingerprint density at radius 1 is 1.20 bits per heavy atom. The van der Waals surface area contributed by atoms with Gasteiger partial charge in [0.05, 0.1) is 23.8 Å². The second-order valence-electron chi connectivity index (χ2n) is 7.25. The summed E-state index contributed by atoms with van der Waals surface area (Å²) >= 11 is 0. The number of carbonyl (C=O) groups excluding carboxylic acids is 1. The quantitative estimate of drug-likeness (QED) is 0.545. The van der Waals surface area contributed by atoms with Crippen molar-refractivity contribution in [2.75, 3.05) is 0 Å². The molecule has 0 aliphatic rings. The second-order valence-corrected chi connectivity index (χ2v) is 7.25. The van der Waals surface area contributed by atoms with Crippen molar-refractivity contribution in [2.24, 2.45) is 5.73 Å². The summed E-state index contributed by atoms with van der Waals surface area (Å²) in [7, 11) is 0. The molecule has 2 atom stereocenters. The molecule has 1 aromatic carbocycles. The van der Waals surface area contributed by atoms with E-state index in [1.54, 1.807) is 6.33 Å². The van der Waals surface area contributed by atoms with Gasteiger partial charge in [0.15, 0.2) is 0 Å². The zero-order valence-corrected chi connectivity index (χ0v) is 19.0. The second kappa shape index (κ2) is 11.7. The van der Waals surface area contributed by atoms with Crippen LogP contribution in [0.5, 0.6) is 0 Å². The minimum absolute atomic E-state index is 0. The zero-order valence-electron chi connectivity index (χ0n) is 17.4. The summed E-state index contributed by atoms with van der Waals surface area (Å²) in [5, 5.41) is 6.92. The van der Waals surface area contributed by atoms with Crippen LogP contribution >= 0.6 is 24.8 Å². The van der Waals surface area contributed by atoms with E-state index in [1.807, 2.05) is 49.7 Å². The normalized spacial score (nSPS) is 12.4. The van der Waals surface area contributed by atoms with E-state index < -0.39 is 6.04 Å². The Hall–Kier alpha value is -2.35. The number of imidazole rings is 1. The Labute approximate surface area is 189 Å². The van der Waals surface area contributed by atoms with Gasteiger partial charge in [-0.15, -0.1) is 24.8 Å². The van der Waals surface area contributed by atoms with Crippen molar-refractivity contribution in [3.05, 3.63) is 71.1 Å². The summed E-state index contributed by atoms with van der Waals surface area (Å²) in [5.74, 6) is 0.601. The number of carbonyl (C=O) groups is 1. The van der Waals surface area contributed by atoms with E-state index in [4.69, 9.17) is 10.3 Å². The van der Waals surface area contributed by atoms with Gasteiger partial charge >= 0.3 is 0 Å². The molecule has 164 valence electrons. The average Bonchev–Trinajstić information content (AvgIpc) is 3.23. The van der Waals surface area contributed by atoms with Gasteiger partial charge in [-0.05, 0) is 32.8 Å². The van der Waals surface area contributed by atoms with E-state index >= 15 is 0 Å². The SMILES string of the molecule is Cc1noc(C)c1CC(C)NC(=O)[C@@H](N)Cc1cn(Cc2ccccc2)cn1.Cl.Cl. The van der Waals surface area contributed by atoms with Crippen LogP contribution < -0.4 is 11.1 Å². The van der Waals surface area contributed by atoms with E-state index in [0.717, 1.165) is 29.3 Å². The Balaban J connectivity index is 0.00000225. The van der Waals surface area contributed by atoms with Crippen LogP contribution in [0.15, 0.2) is 47.4 Å². The number of amides is 1. The van der Waals surface area contributed by atoms with Crippen molar-refractivity contribution in [3.8, 4) is 0 Å². The maximum Gasteiger partial charge on any atom is 0.237 e. The summed E-state index contributed by atoms with van der Waals surface area (Å²) < 4.78 is 7.17. The number of benzene rings is 1. The number of halogens is 2. The van der Waals surface area contributed by atoms with Crippen LogP contribution in [0.1, 0.15) is 35.2 Å². The number of aromatic nitrogens is 3. The molecule has 0 saturated heterocycles. The van der Waals surface area contributed by atoms with Crippen molar-refractivity contribution >= 4 is 30.7 Å². The number of hydrogen-bond donors (Lipinski definition) is 2. The number of hydrogen-bond acceptors (Lipinski definition) is 5. The van der Waals surface area contributed by atoms with Gasteiger partial charge < -0.3 is 20.1 Å². The Morgan fingerprint density at radius 2 is 1.90 bits per heavy atom. The highest BCUT2D eigenvalue weighted by Gasteiger charge is 2.19. The Kier molecular flexibility index (Phi) is 10.0. The van der Waals surface area contributed by atoms with Gasteiger partial charge in [-0.3, -0.25) is 4.79 Å². The van der Waals surface area contributed by atoms with Gasteiger partial charge in [0.25, 0.3) is 0 Å². The predicted octanol–water partition coefficient (Wildman–Crippen LogP) is 3.00. The van der Waals surface area contributed by atoms with Crippen molar-refractivity contribution in [1.82, 2.24) is 20.0 Å². The lowest BCUT2D eigenvalue weighted by Crippen LogP contribution is -2.46. The van der Waals surface area contributed by atoms with Crippen molar-refractivity contribution < 1.29 is 9.32 Å². The highest BCUT2D eigenvalue weighted by Crippen LogP contribution is 2.14. The molecule has 0 saturated carbocycles. The first-order valence-corrected chi connectivity index (χ1v) is 9.44. The maximum absolute atomic E-state index is 12.4. The average molecular weight is 454 g/mol. The van der Waals surface area contributed by atoms with E-state index in [1.165, 1.54) is 5.56 Å². The molecule has 0 spiro atoms. The van der Waals surface area contributed by atoms with Crippen LogP contribution in [-0.2, 0) is 24.2 Å². The van der Waals surface area contributed by atoms with Gasteiger partial charge in [-0.25, -0.2) is 4.98 Å². The van der Waals surface area contributed by atoms with Crippen LogP contribution in [0, 0.1) is 13.8 Å². The van der Waals surface area contributed by atoms with Gasteiger partial charge in [0, 0.05) is 30.8 Å². The molecule has 1 amide bonds. The molecule has 2 heterocycles. The molecule has 9 heteroatoms. The summed E-state index contributed by atoms with van der Waals surface area (Å²) in [6.45, 7) is 6.47. The molecule has 0 aliphatic carbocycles. The molecule has 3 rings (SSSR count). The lowest BCUT2D eigenvalue weighted by molar-refractivity contribution is -0.122. The number of rotatable bonds is 8. The molecular formula is C21H29Cl2N5O2. The first kappa shape index (κ1) is 25.7. The first-order valence-electron chi connectivity index (χ1n) is 9.44. The molecule has 0 bridgehead atoms. The fraction of sp³-hybridized carbons (Fsp3) is 0.381. The largest absolute Gasteiger partial charge is 0.361 e. The third-order valence-corrected chi connectivity index (χ3v) is 4.74. The molecular weight excluding hydrogens is 425 g/mol. The molecule has 3 aromatic rings. The number of nitrogens with two attached hydrogens (primary N) is 1. The minimum atomic E-state index is -0.646. The summed E-state index contributed by atoms with van der Waals surface area (Å²) in [4.78, 5) is 16.8. The molecule has 0 radical (unpaired) electrons. The lowest BCUT2D eigenvalue weighted by Gasteiger charge is -2.17. The minimum Gasteiger partial charge on any atom is -0.361 e. The topological polar surface area (TPSA) is 99.0 Å². The third-order valence-electron chi connectivity index (χ3n) is 4.74. The van der Waals surface area contributed by atoms with Gasteiger partial charge in [0.2, 0.25) is 5.91 Å². The standard InChI is InChI=1S/C21H27N5O2.2ClH/c1-14(9-19-15(2)25-28-16(19)3)24-21(27)20(22)10-18-12-26(13-23-18)11-17-7-5-4-6-8-17;;/h4-8,12-14,20H,9-11,22H2,1-3H3,(H,24,27);2*1H/t14?,20-;;/m0../s1. The third kappa shape index (κ3) is 6.86. The molecule has 3 N–H and O–H groups in total. The molecule has 0 aliphatic heterocycles. The van der Waals surface area contributed by atoms with E-state index in [9.17, 15) is 4.79 Å². The van der Waals surface area contributed by atoms with Crippen LogP contribution in [0.3, 0.4) is 0 Å². The summed E-state index contributed by atoms with van der Waals surface area (Å²) in [5.41, 5.74) is 9.98. The van der Waals surface area contributed by atoms with E-state index in [-0.39, 0.29) is 36.8 Å². The van der Waals surface area contributed by atoms with Crippen molar-refractivity contribution in [3.63, 3.8) is 0 Å². The zero-order chi connectivity index (χ0) is 20.1. The van der Waals surface area contributed by atoms with Crippen molar-refractivity contribution in [1.29, 1.82) is 0 Å². The van der Waals surface area contributed by atoms with Gasteiger partial charge in [-0.1, -0.05) is 35.5 Å². The van der Waals surface area contributed by atoms with E-state index in [0.29, 0.717) is 12.8 Å². The molecule has 30 heavy (non-hydrogen) atoms. The lowest BCUT2D eigenvalue weighted by atomic mass is 10.0. The van der Waals surface area contributed by atoms with Crippen LogP contribution in [0.2, 0.25) is 0 Å². The van der Waals surface area contributed by atoms with Crippen molar-refractivity contribution in [2.45, 2.75) is 52.2 Å². The number of nitrogens with zero attached hydrogens (tertiary/aromatic N) is 3. The fourth-order valence-electron chi connectivity index (χ4n) is 3.21. The maximum atomic E-state index is 12.4. The van der Waals surface area contributed by atoms with Gasteiger partial charge in [-0.2, -0.15) is 0 Å². The predicted molar refractivity (Wildman–Crippen MR) is 121 cm³/mol. The monoisotopic (exact) mass is 453 g/mol. The Bertz CT molecular complexity index is 907. The first-order chi connectivity index (χ1) is 13.4. The molecule has 2 aromatic heterocycles. The molecule has 7 nitrogen and oxygen atoms in total. The molecule has 1 unspecified atom stereocenters.